The molecule has 0 spiro atoms. The number of methoxy groups -OCH3 is 1. The van der Waals surface area contributed by atoms with Crippen molar-refractivity contribution in [2.24, 2.45) is 0 Å². The van der Waals surface area contributed by atoms with Crippen molar-refractivity contribution in [2.45, 2.75) is 31.3 Å². The third-order valence-electron chi connectivity index (χ3n) is 3.72. The lowest BCUT2D eigenvalue weighted by Gasteiger charge is -2.41. The van der Waals surface area contributed by atoms with E-state index >= 15 is 0 Å². The number of likely N-dealkylation sites (N-methyl/N-ethyl adjacent to an activating group) is 1. The number of carbonyl (C=O) groups excluding carboxylic acids is 1. The number of hydrogen-bond donors (Lipinski definition) is 0. The Morgan fingerprint density at radius 1 is 1.40 bits per heavy atom. The van der Waals surface area contributed by atoms with Gasteiger partial charge in [-0.05, 0) is 32.9 Å². The smallest absolute Gasteiger partial charge is 0.323 e. The van der Waals surface area contributed by atoms with Crippen molar-refractivity contribution in [2.75, 3.05) is 33.8 Å². The van der Waals surface area contributed by atoms with Gasteiger partial charge in [-0.25, -0.2) is 0 Å². The highest BCUT2D eigenvalue weighted by Crippen LogP contribution is 2.23. The van der Waals surface area contributed by atoms with Gasteiger partial charge in [0.2, 0.25) is 0 Å². The van der Waals surface area contributed by atoms with Crippen molar-refractivity contribution in [3.63, 3.8) is 0 Å². The minimum atomic E-state index is -0.0677. The largest absolute Gasteiger partial charge is 0.468 e. The van der Waals surface area contributed by atoms with Gasteiger partial charge in [0, 0.05) is 19.1 Å². The molecule has 2 aliphatic heterocycles. The lowest BCUT2D eigenvalue weighted by molar-refractivity contribution is -0.152. The summed E-state index contributed by atoms with van der Waals surface area (Å²) in [5.41, 5.74) is 0. The average Bonchev–Trinajstić information content (AvgIpc) is 2.58. The second-order valence-electron chi connectivity index (χ2n) is 4.60. The summed E-state index contributed by atoms with van der Waals surface area (Å²) in [5, 5.41) is 0. The van der Waals surface area contributed by atoms with E-state index in [9.17, 15) is 4.79 Å². The predicted octanol–water partition coefficient (Wildman–Crippen LogP) is 0.328. The fourth-order valence-corrected chi connectivity index (χ4v) is 2.54. The van der Waals surface area contributed by atoms with Crippen LogP contribution in [0.5, 0.6) is 0 Å². The zero-order chi connectivity index (χ0) is 10.8. The van der Waals surface area contributed by atoms with Crippen LogP contribution in [0.4, 0.5) is 0 Å². The summed E-state index contributed by atoms with van der Waals surface area (Å²) < 4.78 is 4.78. The fourth-order valence-electron chi connectivity index (χ4n) is 2.54. The second-order valence-corrected chi connectivity index (χ2v) is 4.60. The molecule has 2 aliphatic rings. The van der Waals surface area contributed by atoms with E-state index in [0.29, 0.717) is 6.04 Å². The van der Waals surface area contributed by atoms with E-state index in [4.69, 9.17) is 4.74 Å². The van der Waals surface area contributed by atoms with Crippen molar-refractivity contribution in [1.29, 1.82) is 0 Å². The van der Waals surface area contributed by atoms with Gasteiger partial charge in [-0.1, -0.05) is 0 Å². The van der Waals surface area contributed by atoms with Crippen LogP contribution >= 0.6 is 0 Å². The van der Waals surface area contributed by atoms with Crippen LogP contribution in [0.25, 0.3) is 0 Å². The third-order valence-corrected chi connectivity index (χ3v) is 3.72. The molecule has 2 fully saturated rings. The Bertz CT molecular complexity index is 245. The van der Waals surface area contributed by atoms with E-state index in [2.05, 4.69) is 16.8 Å². The van der Waals surface area contributed by atoms with Gasteiger partial charge in [0.15, 0.2) is 0 Å². The quantitative estimate of drug-likeness (QED) is 0.631. The minimum absolute atomic E-state index is 0.0315. The Morgan fingerprint density at radius 2 is 2.20 bits per heavy atom. The van der Waals surface area contributed by atoms with E-state index in [1.54, 1.807) is 0 Å². The molecule has 0 aromatic carbocycles. The summed E-state index contributed by atoms with van der Waals surface area (Å²) in [4.78, 5) is 16.0. The molecule has 0 saturated carbocycles. The van der Waals surface area contributed by atoms with E-state index in [-0.39, 0.29) is 12.0 Å². The van der Waals surface area contributed by atoms with Gasteiger partial charge in [0.25, 0.3) is 0 Å². The molecule has 0 bridgehead atoms. The molecule has 0 aromatic rings. The third kappa shape index (κ3) is 2.16. The van der Waals surface area contributed by atoms with E-state index in [0.717, 1.165) is 19.5 Å². The van der Waals surface area contributed by atoms with Gasteiger partial charge in [-0.2, -0.15) is 0 Å². The summed E-state index contributed by atoms with van der Waals surface area (Å²) in [6, 6.07) is 0.668. The van der Waals surface area contributed by atoms with Gasteiger partial charge in [0.05, 0.1) is 7.11 Å². The normalized spacial score (nSPS) is 32.7. The van der Waals surface area contributed by atoms with Gasteiger partial charge in [-0.15, -0.1) is 0 Å². The van der Waals surface area contributed by atoms with Crippen LogP contribution in [0.1, 0.15) is 19.3 Å². The van der Waals surface area contributed by atoms with Crippen LogP contribution in [0.2, 0.25) is 0 Å². The molecule has 4 nitrogen and oxygen atoms in total. The predicted molar refractivity (Wildman–Crippen MR) is 57.6 cm³/mol. The number of nitrogens with zero attached hydrogens (tertiary/aromatic N) is 2. The zero-order valence-corrected chi connectivity index (χ0v) is 9.61. The SMILES string of the molecule is COC(=O)C1CCN1CC1CCCN1C. The highest BCUT2D eigenvalue weighted by Gasteiger charge is 2.37. The van der Waals surface area contributed by atoms with E-state index < -0.39 is 0 Å². The molecule has 0 N–H and O–H groups in total. The summed E-state index contributed by atoms with van der Waals surface area (Å²) >= 11 is 0. The monoisotopic (exact) mass is 212 g/mol. The van der Waals surface area contributed by atoms with Crippen molar-refractivity contribution < 1.29 is 9.53 Å². The molecule has 0 aliphatic carbocycles. The molecule has 0 radical (unpaired) electrons. The first-order valence-electron chi connectivity index (χ1n) is 5.74. The molecule has 2 heterocycles. The number of hydrogen-bond acceptors (Lipinski definition) is 4. The Morgan fingerprint density at radius 3 is 2.67 bits per heavy atom. The lowest BCUT2D eigenvalue weighted by atomic mass is 10.0. The first-order valence-corrected chi connectivity index (χ1v) is 5.74. The van der Waals surface area contributed by atoms with Gasteiger partial charge < -0.3 is 9.64 Å². The number of carbonyl (C=O) groups is 1. The first kappa shape index (κ1) is 10.9. The van der Waals surface area contributed by atoms with Crippen LogP contribution in [0.15, 0.2) is 0 Å². The van der Waals surface area contributed by atoms with Crippen molar-refractivity contribution in [1.82, 2.24) is 9.80 Å². The van der Waals surface area contributed by atoms with E-state index in [1.807, 2.05) is 0 Å². The van der Waals surface area contributed by atoms with Crippen LogP contribution < -0.4 is 0 Å². The molecule has 2 unspecified atom stereocenters. The van der Waals surface area contributed by atoms with Gasteiger partial charge in [-0.3, -0.25) is 9.69 Å². The molecule has 0 amide bonds. The van der Waals surface area contributed by atoms with Crippen molar-refractivity contribution >= 4 is 5.97 Å². The Hall–Kier alpha value is -0.610. The standard InChI is InChI=1S/C11H20N2O2/c1-12-6-3-4-9(12)8-13-7-5-10(13)11(14)15-2/h9-10H,3-8H2,1-2H3. The number of ether oxygens (including phenoxy) is 1. The fraction of sp³-hybridized carbons (Fsp3) is 0.909. The molecule has 2 atom stereocenters. The maximum atomic E-state index is 11.4. The molecule has 4 heteroatoms. The highest BCUT2D eigenvalue weighted by molar-refractivity contribution is 5.76. The van der Waals surface area contributed by atoms with Crippen molar-refractivity contribution in [3.05, 3.63) is 0 Å². The minimum Gasteiger partial charge on any atom is -0.468 e. The molecular weight excluding hydrogens is 192 g/mol. The van der Waals surface area contributed by atoms with Crippen molar-refractivity contribution in [3.8, 4) is 0 Å². The van der Waals surface area contributed by atoms with Gasteiger partial charge in [0.1, 0.15) is 6.04 Å². The van der Waals surface area contributed by atoms with Crippen LogP contribution in [0, 0.1) is 0 Å². The first-order chi connectivity index (χ1) is 7.22. The van der Waals surface area contributed by atoms with Crippen LogP contribution in [0.3, 0.4) is 0 Å². The maximum absolute atomic E-state index is 11.4. The second kappa shape index (κ2) is 4.49. The maximum Gasteiger partial charge on any atom is 0.323 e. The van der Waals surface area contributed by atoms with E-state index in [1.165, 1.54) is 26.5 Å². The number of rotatable bonds is 3. The Kier molecular flexibility index (Phi) is 3.26. The van der Waals surface area contributed by atoms with Crippen LogP contribution in [-0.4, -0.2) is 61.6 Å². The molecule has 15 heavy (non-hydrogen) atoms. The summed E-state index contributed by atoms with van der Waals surface area (Å²) in [6.07, 6.45) is 3.52. The summed E-state index contributed by atoms with van der Waals surface area (Å²) in [7, 11) is 3.64. The Labute approximate surface area is 91.2 Å². The molecular formula is C11H20N2O2. The number of likely N-dealkylation sites (tertiary alicyclic amines) is 2. The topological polar surface area (TPSA) is 32.8 Å². The number of esters is 1. The Balaban J connectivity index is 1.82. The zero-order valence-electron chi connectivity index (χ0n) is 9.61. The lowest BCUT2D eigenvalue weighted by Crippen LogP contribution is -2.56. The molecule has 2 saturated heterocycles. The summed E-state index contributed by atoms with van der Waals surface area (Å²) in [5.74, 6) is -0.0677. The average molecular weight is 212 g/mol. The molecule has 0 aromatic heterocycles. The highest BCUT2D eigenvalue weighted by atomic mass is 16.5. The molecule has 86 valence electrons. The van der Waals surface area contributed by atoms with Crippen LogP contribution in [-0.2, 0) is 9.53 Å². The van der Waals surface area contributed by atoms with Gasteiger partial charge >= 0.3 is 5.97 Å². The molecule has 2 rings (SSSR count). The summed E-state index contributed by atoms with van der Waals surface area (Å²) in [6.45, 7) is 3.27.